The van der Waals surface area contributed by atoms with E-state index in [1.807, 2.05) is 0 Å². The second kappa shape index (κ2) is 8.91. The average Bonchev–Trinajstić information content (AvgIpc) is 2.82. The quantitative estimate of drug-likeness (QED) is 0.392. The summed E-state index contributed by atoms with van der Waals surface area (Å²) in [6.45, 7) is 0. The number of imide groups is 2. The van der Waals surface area contributed by atoms with Gasteiger partial charge < -0.3 is 0 Å². The van der Waals surface area contributed by atoms with E-state index < -0.39 is 23.6 Å². The molecule has 8 nitrogen and oxygen atoms in total. The zero-order valence-electron chi connectivity index (χ0n) is 15.5. The third-order valence-electron chi connectivity index (χ3n) is 4.19. The number of rotatable bonds is 4. The minimum atomic E-state index is -0.996. The first-order chi connectivity index (χ1) is 14.4. The van der Waals surface area contributed by atoms with E-state index in [1.54, 1.807) is 36.4 Å². The summed E-state index contributed by atoms with van der Waals surface area (Å²) < 4.78 is 0. The van der Waals surface area contributed by atoms with Gasteiger partial charge >= 0.3 is 0 Å². The zero-order chi connectivity index (χ0) is 21.7. The van der Waals surface area contributed by atoms with Crippen molar-refractivity contribution in [3.63, 3.8) is 0 Å². The first-order valence-electron chi connectivity index (χ1n) is 8.75. The van der Waals surface area contributed by atoms with Crippen molar-refractivity contribution in [2.45, 2.75) is 0 Å². The van der Waals surface area contributed by atoms with Gasteiger partial charge in [-0.3, -0.25) is 29.6 Å². The molecule has 3 rings (SSSR count). The van der Waals surface area contributed by atoms with Crippen molar-refractivity contribution in [3.8, 4) is 0 Å². The molecule has 3 aromatic rings. The molecular formula is C22H16N2O6. The number of carbonyl (C=O) groups is 4. The third-order valence-corrected chi connectivity index (χ3v) is 4.19. The fraction of sp³-hybridized carbons (Fsp3) is 0. The fourth-order valence-corrected chi connectivity index (χ4v) is 2.59. The Hall–Kier alpha value is -4.14. The van der Waals surface area contributed by atoms with Gasteiger partial charge in [0.05, 0.1) is 0 Å². The Kier molecular flexibility index (Phi) is 6.11. The number of nitrogens with zero attached hydrogens (tertiary/aromatic N) is 2. The van der Waals surface area contributed by atoms with Crippen molar-refractivity contribution in [2.75, 3.05) is 0 Å². The molecule has 8 heteroatoms. The molecule has 0 aliphatic heterocycles. The molecule has 0 saturated heterocycles. The highest BCUT2D eigenvalue weighted by Crippen LogP contribution is 2.13. The third kappa shape index (κ3) is 4.30. The van der Waals surface area contributed by atoms with Crippen LogP contribution in [0.4, 0.5) is 0 Å². The van der Waals surface area contributed by atoms with Gasteiger partial charge in [0, 0.05) is 22.3 Å². The van der Waals surface area contributed by atoms with Crippen molar-refractivity contribution >= 4 is 23.6 Å². The van der Waals surface area contributed by atoms with Crippen LogP contribution in [0.15, 0.2) is 84.9 Å². The lowest BCUT2D eigenvalue weighted by Gasteiger charge is -2.15. The standard InChI is InChI=1S/C22H16N2O6/c25-19(15-7-3-1-4-8-15)23(29)21(27)17-11-13-18(14-12-17)22(28)24(30)20(26)16-9-5-2-6-10-16/h1-14,29-30H. The summed E-state index contributed by atoms with van der Waals surface area (Å²) in [4.78, 5) is 49.0. The minimum absolute atomic E-state index is 0.0244. The van der Waals surface area contributed by atoms with Gasteiger partial charge in [0.25, 0.3) is 23.6 Å². The van der Waals surface area contributed by atoms with Crippen LogP contribution in [0.3, 0.4) is 0 Å². The first-order valence-corrected chi connectivity index (χ1v) is 8.75. The molecule has 2 N–H and O–H groups in total. The van der Waals surface area contributed by atoms with E-state index in [0.29, 0.717) is 0 Å². The van der Waals surface area contributed by atoms with E-state index in [2.05, 4.69) is 0 Å². The van der Waals surface area contributed by atoms with Crippen molar-refractivity contribution in [3.05, 3.63) is 107 Å². The Morgan fingerprint density at radius 3 is 0.933 bits per heavy atom. The van der Waals surface area contributed by atoms with Crippen LogP contribution in [-0.2, 0) is 0 Å². The maximum Gasteiger partial charge on any atom is 0.284 e. The van der Waals surface area contributed by atoms with Crippen LogP contribution in [0, 0.1) is 0 Å². The molecule has 0 unspecified atom stereocenters. The summed E-state index contributed by atoms with van der Waals surface area (Å²) >= 11 is 0. The summed E-state index contributed by atoms with van der Waals surface area (Å²) in [6, 6.07) is 20.3. The van der Waals surface area contributed by atoms with Crippen molar-refractivity contribution < 1.29 is 29.6 Å². The van der Waals surface area contributed by atoms with Gasteiger partial charge in [-0.2, -0.15) is 0 Å². The Morgan fingerprint density at radius 1 is 0.433 bits per heavy atom. The highest BCUT2D eigenvalue weighted by atomic mass is 16.5. The van der Waals surface area contributed by atoms with Crippen molar-refractivity contribution in [2.24, 2.45) is 0 Å². The summed E-state index contributed by atoms with van der Waals surface area (Å²) in [5.41, 5.74) is 0.0976. The van der Waals surface area contributed by atoms with E-state index in [9.17, 15) is 29.6 Å². The maximum atomic E-state index is 12.3. The molecule has 0 aromatic heterocycles. The number of hydrogen-bond donors (Lipinski definition) is 2. The molecular weight excluding hydrogens is 388 g/mol. The van der Waals surface area contributed by atoms with Crippen LogP contribution >= 0.6 is 0 Å². The molecule has 0 radical (unpaired) electrons. The summed E-state index contributed by atoms with van der Waals surface area (Å²) in [7, 11) is 0. The molecule has 150 valence electrons. The van der Waals surface area contributed by atoms with Gasteiger partial charge in [0.15, 0.2) is 0 Å². The lowest BCUT2D eigenvalue weighted by molar-refractivity contribution is -0.0377. The average molecular weight is 404 g/mol. The summed E-state index contributed by atoms with van der Waals surface area (Å²) in [5.74, 6) is -3.81. The largest absolute Gasteiger partial charge is 0.284 e. The molecule has 0 heterocycles. The zero-order valence-corrected chi connectivity index (χ0v) is 15.5. The van der Waals surface area contributed by atoms with Crippen LogP contribution in [-0.4, -0.2) is 44.2 Å². The van der Waals surface area contributed by atoms with Gasteiger partial charge in [0.1, 0.15) is 0 Å². The molecule has 30 heavy (non-hydrogen) atoms. The monoisotopic (exact) mass is 404 g/mol. The van der Waals surface area contributed by atoms with Gasteiger partial charge in [-0.15, -0.1) is 10.1 Å². The van der Waals surface area contributed by atoms with Crippen LogP contribution in [0.5, 0.6) is 0 Å². The lowest BCUT2D eigenvalue weighted by atomic mass is 10.1. The Balaban J connectivity index is 1.72. The molecule has 0 atom stereocenters. The van der Waals surface area contributed by atoms with E-state index >= 15 is 0 Å². The topological polar surface area (TPSA) is 115 Å². The second-order valence-electron chi connectivity index (χ2n) is 6.15. The number of benzene rings is 3. The smallest absolute Gasteiger partial charge is 0.278 e. The first kappa shape index (κ1) is 20.6. The van der Waals surface area contributed by atoms with Crippen LogP contribution in [0.2, 0.25) is 0 Å². The summed E-state index contributed by atoms with van der Waals surface area (Å²) in [5, 5.41) is 19.8. The van der Waals surface area contributed by atoms with E-state index in [4.69, 9.17) is 0 Å². The number of hydroxylamine groups is 4. The Labute approximate surface area is 171 Å². The highest BCUT2D eigenvalue weighted by Gasteiger charge is 2.25. The molecule has 0 bridgehead atoms. The van der Waals surface area contributed by atoms with Gasteiger partial charge in [-0.1, -0.05) is 36.4 Å². The number of carbonyl (C=O) groups excluding carboxylic acids is 4. The molecule has 3 aromatic carbocycles. The van der Waals surface area contributed by atoms with E-state index in [1.165, 1.54) is 48.5 Å². The molecule has 0 spiro atoms. The normalized spacial score (nSPS) is 10.2. The van der Waals surface area contributed by atoms with Crippen LogP contribution in [0.1, 0.15) is 41.4 Å². The molecule has 0 aliphatic rings. The summed E-state index contributed by atoms with van der Waals surface area (Å²) in [6.07, 6.45) is 0. The molecule has 0 fully saturated rings. The van der Waals surface area contributed by atoms with E-state index in [-0.39, 0.29) is 32.4 Å². The second-order valence-corrected chi connectivity index (χ2v) is 6.15. The Morgan fingerprint density at radius 2 is 0.667 bits per heavy atom. The number of hydrogen-bond acceptors (Lipinski definition) is 6. The SMILES string of the molecule is O=C(c1ccccc1)N(O)C(=O)c1ccc(C(=O)N(O)C(=O)c2ccccc2)cc1. The predicted octanol–water partition coefficient (Wildman–Crippen LogP) is 3.03. The van der Waals surface area contributed by atoms with Crippen LogP contribution in [0.25, 0.3) is 0 Å². The molecule has 0 aliphatic carbocycles. The predicted molar refractivity (Wildman–Crippen MR) is 104 cm³/mol. The Bertz CT molecular complexity index is 993. The minimum Gasteiger partial charge on any atom is -0.278 e. The number of amides is 4. The molecule has 0 saturated carbocycles. The fourth-order valence-electron chi connectivity index (χ4n) is 2.59. The van der Waals surface area contributed by atoms with Crippen molar-refractivity contribution in [1.29, 1.82) is 0 Å². The lowest BCUT2D eigenvalue weighted by Crippen LogP contribution is -2.34. The maximum absolute atomic E-state index is 12.3. The van der Waals surface area contributed by atoms with Gasteiger partial charge in [0.2, 0.25) is 0 Å². The van der Waals surface area contributed by atoms with E-state index in [0.717, 1.165) is 0 Å². The van der Waals surface area contributed by atoms with Crippen molar-refractivity contribution in [1.82, 2.24) is 10.1 Å². The molecule has 4 amide bonds. The van der Waals surface area contributed by atoms with Crippen LogP contribution < -0.4 is 0 Å². The van der Waals surface area contributed by atoms with Gasteiger partial charge in [-0.25, -0.2) is 0 Å². The highest BCUT2D eigenvalue weighted by molar-refractivity contribution is 6.11. The van der Waals surface area contributed by atoms with Gasteiger partial charge in [-0.05, 0) is 48.5 Å².